The van der Waals surface area contributed by atoms with Gasteiger partial charge in [0.15, 0.2) is 0 Å². The number of imidazole rings is 1. The number of rotatable bonds is 2. The molecule has 1 aliphatic rings. The number of aromatic nitrogens is 3. The van der Waals surface area contributed by atoms with Gasteiger partial charge in [-0.3, -0.25) is 0 Å². The first-order valence-corrected chi connectivity index (χ1v) is 7.08. The van der Waals surface area contributed by atoms with E-state index >= 15 is 0 Å². The summed E-state index contributed by atoms with van der Waals surface area (Å²) in [5, 5.41) is 9.32. The van der Waals surface area contributed by atoms with Crippen LogP contribution in [0.5, 0.6) is 0 Å². The fourth-order valence-electron chi connectivity index (χ4n) is 2.40. The SMILES string of the molecule is O=C(O)c1cc(Br)cnc1N1CCc2nccn2CC1. The Morgan fingerprint density at radius 1 is 1.30 bits per heavy atom. The molecule has 104 valence electrons. The van der Waals surface area contributed by atoms with Gasteiger partial charge in [-0.25, -0.2) is 14.8 Å². The van der Waals surface area contributed by atoms with Gasteiger partial charge in [0.05, 0.1) is 0 Å². The summed E-state index contributed by atoms with van der Waals surface area (Å²) in [6.45, 7) is 2.22. The fourth-order valence-corrected chi connectivity index (χ4v) is 2.73. The van der Waals surface area contributed by atoms with Crippen molar-refractivity contribution in [2.75, 3.05) is 18.0 Å². The lowest BCUT2D eigenvalue weighted by molar-refractivity contribution is 0.0697. The molecule has 2 aromatic rings. The number of pyridine rings is 1. The minimum Gasteiger partial charge on any atom is -0.478 e. The van der Waals surface area contributed by atoms with Crippen molar-refractivity contribution in [1.29, 1.82) is 0 Å². The molecule has 0 fully saturated rings. The zero-order chi connectivity index (χ0) is 14.1. The Balaban J connectivity index is 1.90. The van der Waals surface area contributed by atoms with Crippen LogP contribution in [-0.4, -0.2) is 38.7 Å². The molecule has 0 aromatic carbocycles. The Labute approximate surface area is 124 Å². The lowest BCUT2D eigenvalue weighted by Crippen LogP contribution is -2.29. The van der Waals surface area contributed by atoms with Gasteiger partial charge in [-0.05, 0) is 22.0 Å². The van der Waals surface area contributed by atoms with Gasteiger partial charge in [0.2, 0.25) is 0 Å². The minimum atomic E-state index is -0.962. The maximum Gasteiger partial charge on any atom is 0.339 e. The number of hydrogen-bond donors (Lipinski definition) is 1. The average Bonchev–Trinajstić information content (AvgIpc) is 2.78. The van der Waals surface area contributed by atoms with Gasteiger partial charge in [-0.2, -0.15) is 0 Å². The average molecular weight is 337 g/mol. The van der Waals surface area contributed by atoms with Crippen molar-refractivity contribution in [2.24, 2.45) is 0 Å². The lowest BCUT2D eigenvalue weighted by atomic mass is 10.2. The first-order valence-electron chi connectivity index (χ1n) is 6.29. The molecule has 2 aromatic heterocycles. The first-order chi connectivity index (χ1) is 9.65. The van der Waals surface area contributed by atoms with Crippen molar-refractivity contribution in [3.8, 4) is 0 Å². The Bertz CT molecular complexity index is 633. The summed E-state index contributed by atoms with van der Waals surface area (Å²) in [7, 11) is 0. The predicted molar refractivity (Wildman–Crippen MR) is 77.0 cm³/mol. The van der Waals surface area contributed by atoms with Crippen molar-refractivity contribution < 1.29 is 9.90 Å². The molecular formula is C13H13BrN4O2. The van der Waals surface area contributed by atoms with E-state index in [4.69, 9.17) is 0 Å². The van der Waals surface area contributed by atoms with Crippen LogP contribution in [0.3, 0.4) is 0 Å². The van der Waals surface area contributed by atoms with E-state index < -0.39 is 5.97 Å². The number of anilines is 1. The normalized spacial score (nSPS) is 14.8. The quantitative estimate of drug-likeness (QED) is 0.905. The van der Waals surface area contributed by atoms with Crippen LogP contribution in [0, 0.1) is 0 Å². The Hall–Kier alpha value is -1.89. The summed E-state index contributed by atoms with van der Waals surface area (Å²) in [5.74, 6) is 0.587. The molecule has 0 saturated heterocycles. The lowest BCUT2D eigenvalue weighted by Gasteiger charge is -2.22. The van der Waals surface area contributed by atoms with E-state index in [1.54, 1.807) is 18.5 Å². The molecule has 0 bridgehead atoms. The van der Waals surface area contributed by atoms with E-state index in [0.29, 0.717) is 16.8 Å². The van der Waals surface area contributed by atoms with Crippen LogP contribution in [0.4, 0.5) is 5.82 Å². The summed E-state index contributed by atoms with van der Waals surface area (Å²) in [6, 6.07) is 1.59. The number of fused-ring (bicyclic) bond motifs is 1. The van der Waals surface area contributed by atoms with Gasteiger partial charge in [-0.1, -0.05) is 0 Å². The van der Waals surface area contributed by atoms with E-state index in [9.17, 15) is 9.90 Å². The van der Waals surface area contributed by atoms with E-state index in [2.05, 4.69) is 30.5 Å². The number of hydrogen-bond acceptors (Lipinski definition) is 4. The molecule has 1 aliphatic heterocycles. The highest BCUT2D eigenvalue weighted by Crippen LogP contribution is 2.23. The minimum absolute atomic E-state index is 0.221. The molecule has 0 aliphatic carbocycles. The topological polar surface area (TPSA) is 71.2 Å². The number of carboxylic acid groups (broad SMARTS) is 1. The number of aromatic carboxylic acids is 1. The standard InChI is InChI=1S/C13H13BrN4O2/c14-9-7-10(13(19)20)12(16-8-9)18-3-1-11-15-2-4-17(11)5-6-18/h2,4,7-8H,1,3,5-6H2,(H,19,20). The van der Waals surface area contributed by atoms with Gasteiger partial charge >= 0.3 is 5.97 Å². The summed E-state index contributed by atoms with van der Waals surface area (Å²) in [5.41, 5.74) is 0.221. The molecule has 0 atom stereocenters. The molecule has 3 rings (SSSR count). The zero-order valence-electron chi connectivity index (χ0n) is 10.7. The van der Waals surface area contributed by atoms with Gasteiger partial charge in [0.25, 0.3) is 0 Å². The van der Waals surface area contributed by atoms with Crippen molar-refractivity contribution in [1.82, 2.24) is 14.5 Å². The third-order valence-electron chi connectivity index (χ3n) is 3.38. The third kappa shape index (κ3) is 2.40. The zero-order valence-corrected chi connectivity index (χ0v) is 12.2. The Kier molecular flexibility index (Phi) is 3.43. The number of carbonyl (C=O) groups is 1. The molecule has 0 saturated carbocycles. The van der Waals surface area contributed by atoms with Crippen LogP contribution in [0.25, 0.3) is 0 Å². The third-order valence-corrected chi connectivity index (χ3v) is 3.81. The van der Waals surface area contributed by atoms with Gasteiger partial charge in [0, 0.05) is 49.1 Å². The Morgan fingerprint density at radius 3 is 2.95 bits per heavy atom. The highest BCUT2D eigenvalue weighted by Gasteiger charge is 2.21. The van der Waals surface area contributed by atoms with E-state index in [-0.39, 0.29) is 5.56 Å². The van der Waals surface area contributed by atoms with E-state index in [1.165, 1.54) is 0 Å². The van der Waals surface area contributed by atoms with Crippen LogP contribution < -0.4 is 4.90 Å². The molecular weight excluding hydrogens is 324 g/mol. The van der Waals surface area contributed by atoms with Gasteiger partial charge in [-0.15, -0.1) is 0 Å². The largest absolute Gasteiger partial charge is 0.478 e. The molecule has 7 heteroatoms. The van der Waals surface area contributed by atoms with Crippen LogP contribution in [0.2, 0.25) is 0 Å². The molecule has 0 unspecified atom stereocenters. The highest BCUT2D eigenvalue weighted by atomic mass is 79.9. The van der Waals surface area contributed by atoms with Gasteiger partial charge in [0.1, 0.15) is 17.2 Å². The van der Waals surface area contributed by atoms with Crippen molar-refractivity contribution in [2.45, 2.75) is 13.0 Å². The van der Waals surface area contributed by atoms with Crippen LogP contribution in [0.15, 0.2) is 29.1 Å². The molecule has 0 spiro atoms. The molecule has 20 heavy (non-hydrogen) atoms. The van der Waals surface area contributed by atoms with E-state index in [0.717, 1.165) is 25.3 Å². The second-order valence-corrected chi connectivity index (χ2v) is 5.52. The van der Waals surface area contributed by atoms with Crippen molar-refractivity contribution in [3.05, 3.63) is 40.5 Å². The number of halogens is 1. The monoisotopic (exact) mass is 336 g/mol. The van der Waals surface area contributed by atoms with Gasteiger partial charge < -0.3 is 14.6 Å². The highest BCUT2D eigenvalue weighted by molar-refractivity contribution is 9.10. The number of nitrogens with zero attached hydrogens (tertiary/aromatic N) is 4. The van der Waals surface area contributed by atoms with Crippen molar-refractivity contribution in [3.63, 3.8) is 0 Å². The Morgan fingerprint density at radius 2 is 2.15 bits per heavy atom. The summed E-state index contributed by atoms with van der Waals surface area (Å²) in [4.78, 5) is 22.0. The second-order valence-electron chi connectivity index (χ2n) is 4.60. The summed E-state index contributed by atoms with van der Waals surface area (Å²) in [6.07, 6.45) is 6.16. The molecule has 0 amide bonds. The summed E-state index contributed by atoms with van der Waals surface area (Å²) >= 11 is 3.26. The fraction of sp³-hybridized carbons (Fsp3) is 0.308. The van der Waals surface area contributed by atoms with Crippen LogP contribution in [0.1, 0.15) is 16.2 Å². The first kappa shape index (κ1) is 13.1. The molecule has 6 nitrogen and oxygen atoms in total. The van der Waals surface area contributed by atoms with Crippen LogP contribution >= 0.6 is 15.9 Å². The maximum atomic E-state index is 11.4. The summed E-state index contributed by atoms with van der Waals surface area (Å²) < 4.78 is 2.76. The molecule has 0 radical (unpaired) electrons. The van der Waals surface area contributed by atoms with Crippen molar-refractivity contribution >= 4 is 27.7 Å². The molecule has 3 heterocycles. The van der Waals surface area contributed by atoms with E-state index in [1.807, 2.05) is 11.1 Å². The number of carboxylic acids is 1. The second kappa shape index (κ2) is 5.24. The maximum absolute atomic E-state index is 11.4. The van der Waals surface area contributed by atoms with Crippen LogP contribution in [-0.2, 0) is 13.0 Å². The molecule has 1 N–H and O–H groups in total. The predicted octanol–water partition coefficient (Wildman–Crippen LogP) is 1.80. The smallest absolute Gasteiger partial charge is 0.339 e.